The number of nitrogens with two attached hydrogens (primary N) is 1. The quantitative estimate of drug-likeness (QED) is 0.378. The summed E-state index contributed by atoms with van der Waals surface area (Å²) in [5.74, 6) is -0.265. The molecule has 1 saturated heterocycles. The third-order valence-electron chi connectivity index (χ3n) is 7.58. The van der Waals surface area contributed by atoms with Crippen molar-refractivity contribution in [1.29, 1.82) is 0 Å². The molecule has 3 heterocycles. The molecule has 0 amide bonds. The maximum absolute atomic E-state index is 14.9. The Kier molecular flexibility index (Phi) is 5.91. The summed E-state index contributed by atoms with van der Waals surface area (Å²) in [5.41, 5.74) is 9.02. The normalized spacial score (nSPS) is 16.5. The minimum Gasteiger partial charge on any atom is -0.383 e. The van der Waals surface area contributed by atoms with E-state index in [0.717, 1.165) is 37.8 Å². The molecular weight excluding hydrogens is 472 g/mol. The monoisotopic (exact) mass is 501 g/mol. The Labute approximate surface area is 213 Å². The van der Waals surface area contributed by atoms with Gasteiger partial charge in [0.05, 0.1) is 5.69 Å². The van der Waals surface area contributed by atoms with Crippen LogP contribution in [0.15, 0.2) is 53.3 Å². The molecule has 0 radical (unpaired) electrons. The van der Waals surface area contributed by atoms with Crippen LogP contribution >= 0.6 is 0 Å². The zero-order chi connectivity index (χ0) is 25.7. The lowest BCUT2D eigenvalue weighted by Gasteiger charge is -2.36. The average molecular weight is 502 g/mol. The standard InChI is InChI=1S/C29H29F2N5O/c1-17-26(30)25-14-20(6-9-22(25)29(37)33-17)24-15-23(27(31)34-28(24)32)19-4-7-21(8-5-19)36-12-10-35(11-13-36)16-18-2-3-18/h4-9,14-15,18H,2-3,10-13,16H2,1H3,(H2,32,34)(H,33,37). The zero-order valence-corrected chi connectivity index (χ0v) is 20.7. The molecule has 0 atom stereocenters. The molecule has 2 fully saturated rings. The topological polar surface area (TPSA) is 78.2 Å². The van der Waals surface area contributed by atoms with E-state index in [1.165, 1.54) is 26.3 Å². The van der Waals surface area contributed by atoms with Crippen LogP contribution in [-0.4, -0.2) is 47.6 Å². The number of nitrogens with zero attached hydrogens (tertiary/aromatic N) is 3. The van der Waals surface area contributed by atoms with Gasteiger partial charge >= 0.3 is 0 Å². The Morgan fingerprint density at radius 2 is 1.65 bits per heavy atom. The van der Waals surface area contributed by atoms with Crippen LogP contribution in [0.2, 0.25) is 0 Å². The highest BCUT2D eigenvalue weighted by atomic mass is 19.1. The highest BCUT2D eigenvalue weighted by Gasteiger charge is 2.26. The lowest BCUT2D eigenvalue weighted by molar-refractivity contribution is 0.248. The van der Waals surface area contributed by atoms with Crippen molar-refractivity contribution in [3.05, 3.63) is 76.3 Å². The van der Waals surface area contributed by atoms with Gasteiger partial charge in [0.2, 0.25) is 5.95 Å². The van der Waals surface area contributed by atoms with Gasteiger partial charge in [0, 0.05) is 60.3 Å². The molecule has 2 aromatic carbocycles. The molecule has 6 rings (SSSR count). The van der Waals surface area contributed by atoms with E-state index in [1.807, 2.05) is 24.3 Å². The zero-order valence-electron chi connectivity index (χ0n) is 20.7. The second-order valence-corrected chi connectivity index (χ2v) is 10.2. The van der Waals surface area contributed by atoms with Gasteiger partial charge in [-0.1, -0.05) is 18.2 Å². The second-order valence-electron chi connectivity index (χ2n) is 10.2. The van der Waals surface area contributed by atoms with Crippen molar-refractivity contribution >= 4 is 22.3 Å². The van der Waals surface area contributed by atoms with E-state index >= 15 is 0 Å². The van der Waals surface area contributed by atoms with Gasteiger partial charge in [0.25, 0.3) is 5.56 Å². The Morgan fingerprint density at radius 1 is 0.946 bits per heavy atom. The lowest BCUT2D eigenvalue weighted by Crippen LogP contribution is -2.47. The molecule has 0 spiro atoms. The van der Waals surface area contributed by atoms with Gasteiger partial charge in [-0.25, -0.2) is 9.37 Å². The number of hydrogen-bond donors (Lipinski definition) is 2. The van der Waals surface area contributed by atoms with Crippen LogP contribution in [0.5, 0.6) is 0 Å². The first-order chi connectivity index (χ1) is 17.9. The summed E-state index contributed by atoms with van der Waals surface area (Å²) < 4.78 is 29.7. The number of rotatable bonds is 5. The predicted octanol–water partition coefficient (Wildman–Crippen LogP) is 4.96. The van der Waals surface area contributed by atoms with Gasteiger partial charge in [0.1, 0.15) is 11.6 Å². The summed E-state index contributed by atoms with van der Waals surface area (Å²) in [5, 5.41) is 0.426. The van der Waals surface area contributed by atoms with Crippen molar-refractivity contribution in [3.8, 4) is 22.3 Å². The molecule has 6 nitrogen and oxygen atoms in total. The number of piperazine rings is 1. The number of fused-ring (bicyclic) bond motifs is 1. The van der Waals surface area contributed by atoms with Crippen LogP contribution in [-0.2, 0) is 0 Å². The number of anilines is 2. The minimum atomic E-state index is -0.665. The van der Waals surface area contributed by atoms with Crippen molar-refractivity contribution in [2.24, 2.45) is 5.92 Å². The van der Waals surface area contributed by atoms with Crippen LogP contribution < -0.4 is 16.2 Å². The SMILES string of the molecule is Cc1[nH]c(=O)c2ccc(-c3cc(-c4ccc(N5CCN(CC6CC6)CC5)cc4)c(F)nc3N)cc2c1F. The van der Waals surface area contributed by atoms with E-state index in [9.17, 15) is 13.6 Å². The highest BCUT2D eigenvalue weighted by molar-refractivity contribution is 5.90. The molecule has 2 aromatic heterocycles. The second kappa shape index (κ2) is 9.27. The van der Waals surface area contributed by atoms with E-state index in [-0.39, 0.29) is 27.8 Å². The van der Waals surface area contributed by atoms with Gasteiger partial charge in [-0.15, -0.1) is 0 Å². The predicted molar refractivity (Wildman–Crippen MR) is 144 cm³/mol. The van der Waals surface area contributed by atoms with Crippen LogP contribution in [0.1, 0.15) is 18.5 Å². The van der Waals surface area contributed by atoms with Crippen LogP contribution in [0.25, 0.3) is 33.0 Å². The first-order valence-corrected chi connectivity index (χ1v) is 12.7. The van der Waals surface area contributed by atoms with Gasteiger partial charge in [0.15, 0.2) is 0 Å². The molecule has 0 unspecified atom stereocenters. The first-order valence-electron chi connectivity index (χ1n) is 12.7. The van der Waals surface area contributed by atoms with Crippen LogP contribution in [0.3, 0.4) is 0 Å². The fraction of sp³-hybridized carbons (Fsp3) is 0.310. The molecular formula is C29H29F2N5O. The van der Waals surface area contributed by atoms with Crippen molar-refractivity contribution in [3.63, 3.8) is 0 Å². The molecule has 3 N–H and O–H groups in total. The van der Waals surface area contributed by atoms with Gasteiger partial charge < -0.3 is 15.6 Å². The van der Waals surface area contributed by atoms with E-state index in [2.05, 4.69) is 19.8 Å². The fourth-order valence-electron chi connectivity index (χ4n) is 5.23. The number of nitrogens with one attached hydrogen (secondary N) is 1. The smallest absolute Gasteiger partial charge is 0.256 e. The lowest BCUT2D eigenvalue weighted by atomic mass is 9.98. The third kappa shape index (κ3) is 4.57. The summed E-state index contributed by atoms with van der Waals surface area (Å²) in [6.45, 7) is 6.82. The molecule has 0 bridgehead atoms. The van der Waals surface area contributed by atoms with Crippen molar-refractivity contribution in [2.45, 2.75) is 19.8 Å². The Morgan fingerprint density at radius 3 is 2.35 bits per heavy atom. The number of nitrogen functional groups attached to an aromatic ring is 1. The third-order valence-corrected chi connectivity index (χ3v) is 7.58. The first kappa shape index (κ1) is 23.6. The number of H-pyrrole nitrogens is 1. The largest absolute Gasteiger partial charge is 0.383 e. The molecule has 1 saturated carbocycles. The van der Waals surface area contributed by atoms with Gasteiger partial charge in [-0.2, -0.15) is 4.39 Å². The number of aromatic amines is 1. The highest BCUT2D eigenvalue weighted by Crippen LogP contribution is 2.34. The summed E-state index contributed by atoms with van der Waals surface area (Å²) in [4.78, 5) is 23.6. The minimum absolute atomic E-state index is 0.00302. The average Bonchev–Trinajstić information content (AvgIpc) is 3.72. The number of pyridine rings is 2. The molecule has 1 aliphatic carbocycles. The van der Waals surface area contributed by atoms with Crippen LogP contribution in [0.4, 0.5) is 20.3 Å². The molecule has 2 aliphatic rings. The summed E-state index contributed by atoms with van der Waals surface area (Å²) >= 11 is 0. The Bertz CT molecular complexity index is 1540. The van der Waals surface area contributed by atoms with Crippen molar-refractivity contribution in [1.82, 2.24) is 14.9 Å². The van der Waals surface area contributed by atoms with Crippen molar-refractivity contribution < 1.29 is 8.78 Å². The summed E-state index contributed by atoms with van der Waals surface area (Å²) in [6, 6.07) is 14.3. The number of benzene rings is 2. The fourth-order valence-corrected chi connectivity index (χ4v) is 5.23. The maximum Gasteiger partial charge on any atom is 0.256 e. The number of hydrogen-bond acceptors (Lipinski definition) is 5. The maximum atomic E-state index is 14.9. The molecule has 1 aliphatic heterocycles. The van der Waals surface area contributed by atoms with E-state index in [0.29, 0.717) is 22.3 Å². The molecule has 37 heavy (non-hydrogen) atoms. The summed E-state index contributed by atoms with van der Waals surface area (Å²) in [6.07, 6.45) is 2.74. The Hall–Kier alpha value is -3.78. The van der Waals surface area contributed by atoms with E-state index in [4.69, 9.17) is 5.73 Å². The number of halogens is 2. The number of aryl methyl sites for hydroxylation is 1. The van der Waals surface area contributed by atoms with E-state index < -0.39 is 11.8 Å². The molecule has 8 heteroatoms. The van der Waals surface area contributed by atoms with Gasteiger partial charge in [-0.3, -0.25) is 9.69 Å². The van der Waals surface area contributed by atoms with E-state index in [1.54, 1.807) is 24.3 Å². The van der Waals surface area contributed by atoms with Crippen molar-refractivity contribution in [2.75, 3.05) is 43.4 Å². The molecule has 4 aromatic rings. The Balaban J connectivity index is 1.28. The van der Waals surface area contributed by atoms with Gasteiger partial charge in [-0.05, 0) is 67.1 Å². The van der Waals surface area contributed by atoms with Crippen LogP contribution in [0, 0.1) is 24.6 Å². The number of aromatic nitrogens is 2. The summed E-state index contributed by atoms with van der Waals surface area (Å²) in [7, 11) is 0. The molecule has 190 valence electrons.